The van der Waals surface area contributed by atoms with Crippen LogP contribution < -0.4 is 10.1 Å². The van der Waals surface area contributed by atoms with Crippen LogP contribution in [0.4, 0.5) is 24.5 Å². The highest BCUT2D eigenvalue weighted by Gasteiger charge is 2.21. The molecule has 0 radical (unpaired) electrons. The van der Waals surface area contributed by atoms with Gasteiger partial charge < -0.3 is 15.0 Å². The van der Waals surface area contributed by atoms with Crippen LogP contribution in [-0.2, 0) is 9.59 Å². The van der Waals surface area contributed by atoms with Gasteiger partial charge in [-0.05, 0) is 24.6 Å². The van der Waals surface area contributed by atoms with Crippen LogP contribution in [0, 0.1) is 27.6 Å². The van der Waals surface area contributed by atoms with Gasteiger partial charge in [0.2, 0.25) is 5.91 Å². The van der Waals surface area contributed by atoms with E-state index in [2.05, 4.69) is 5.32 Å². The maximum Gasteiger partial charge on any atom is 0.310 e. The minimum atomic E-state index is -1.73. The summed E-state index contributed by atoms with van der Waals surface area (Å²) in [4.78, 5) is 36.0. The van der Waals surface area contributed by atoms with Gasteiger partial charge in [0.15, 0.2) is 29.8 Å². The van der Waals surface area contributed by atoms with E-state index in [0.717, 1.165) is 11.0 Å². The minimum absolute atomic E-state index is 0.111. The SMILES string of the molecule is CCCN(CC(=O)Nc1ccc(F)c(F)c1F)C(=O)COc1ccccc1[N+](=O)[O-]. The van der Waals surface area contributed by atoms with Crippen molar-refractivity contribution in [3.8, 4) is 5.75 Å². The van der Waals surface area contributed by atoms with E-state index in [9.17, 15) is 32.9 Å². The van der Waals surface area contributed by atoms with Gasteiger partial charge in [0.1, 0.15) is 0 Å². The molecule has 2 aromatic carbocycles. The number of amides is 2. The van der Waals surface area contributed by atoms with Gasteiger partial charge in [-0.3, -0.25) is 19.7 Å². The Hall–Kier alpha value is -3.63. The first-order chi connectivity index (χ1) is 14.2. The quantitative estimate of drug-likeness (QED) is 0.378. The van der Waals surface area contributed by atoms with Crippen LogP contribution in [0.5, 0.6) is 5.75 Å². The molecule has 2 aromatic rings. The van der Waals surface area contributed by atoms with E-state index in [4.69, 9.17) is 4.74 Å². The van der Waals surface area contributed by atoms with Crippen molar-refractivity contribution >= 4 is 23.2 Å². The summed E-state index contributed by atoms with van der Waals surface area (Å²) in [5.74, 6) is -6.28. The highest BCUT2D eigenvalue weighted by molar-refractivity contribution is 5.94. The number of nitro groups is 1. The average Bonchev–Trinajstić information content (AvgIpc) is 2.72. The van der Waals surface area contributed by atoms with Crippen LogP contribution in [0.15, 0.2) is 36.4 Å². The molecular weight excluding hydrogens is 407 g/mol. The first-order valence-corrected chi connectivity index (χ1v) is 8.82. The number of ether oxygens (including phenoxy) is 1. The summed E-state index contributed by atoms with van der Waals surface area (Å²) in [6, 6.07) is 7.00. The highest BCUT2D eigenvalue weighted by Crippen LogP contribution is 2.25. The zero-order valence-corrected chi connectivity index (χ0v) is 15.9. The van der Waals surface area contributed by atoms with Crippen molar-refractivity contribution in [2.24, 2.45) is 0 Å². The number of anilines is 1. The maximum atomic E-state index is 13.7. The van der Waals surface area contributed by atoms with Gasteiger partial charge in [-0.15, -0.1) is 0 Å². The zero-order chi connectivity index (χ0) is 22.3. The number of carbonyl (C=O) groups is 2. The van der Waals surface area contributed by atoms with Crippen LogP contribution >= 0.6 is 0 Å². The van der Waals surface area contributed by atoms with E-state index < -0.39 is 53.0 Å². The van der Waals surface area contributed by atoms with Crippen molar-refractivity contribution in [2.75, 3.05) is 25.0 Å². The number of benzene rings is 2. The fourth-order valence-corrected chi connectivity index (χ4v) is 2.51. The van der Waals surface area contributed by atoms with Crippen molar-refractivity contribution in [1.82, 2.24) is 4.90 Å². The molecule has 0 saturated carbocycles. The normalized spacial score (nSPS) is 10.4. The van der Waals surface area contributed by atoms with Gasteiger partial charge in [-0.25, -0.2) is 13.2 Å². The first kappa shape index (κ1) is 22.7. The maximum absolute atomic E-state index is 13.7. The Morgan fingerprint density at radius 3 is 2.50 bits per heavy atom. The van der Waals surface area contributed by atoms with Gasteiger partial charge in [0.25, 0.3) is 5.91 Å². The second-order valence-electron chi connectivity index (χ2n) is 6.10. The van der Waals surface area contributed by atoms with E-state index in [-0.39, 0.29) is 18.0 Å². The topological polar surface area (TPSA) is 102 Å². The van der Waals surface area contributed by atoms with Crippen molar-refractivity contribution in [2.45, 2.75) is 13.3 Å². The molecule has 8 nitrogen and oxygen atoms in total. The molecule has 2 rings (SSSR count). The zero-order valence-electron chi connectivity index (χ0n) is 15.9. The van der Waals surface area contributed by atoms with Crippen LogP contribution in [-0.4, -0.2) is 41.3 Å². The van der Waals surface area contributed by atoms with Crippen LogP contribution in [0.2, 0.25) is 0 Å². The highest BCUT2D eigenvalue weighted by atomic mass is 19.2. The Labute approximate surface area is 169 Å². The van der Waals surface area contributed by atoms with Gasteiger partial charge in [0.05, 0.1) is 17.2 Å². The molecule has 0 atom stereocenters. The fourth-order valence-electron chi connectivity index (χ4n) is 2.51. The van der Waals surface area contributed by atoms with Crippen molar-refractivity contribution in [1.29, 1.82) is 0 Å². The second-order valence-corrected chi connectivity index (χ2v) is 6.10. The standard InChI is InChI=1S/C19H18F3N3O5/c1-2-9-24(10-16(26)23-13-8-7-12(20)18(21)19(13)22)17(27)11-30-15-6-4-3-5-14(15)25(28)29/h3-8H,2,9-11H2,1H3,(H,23,26). The summed E-state index contributed by atoms with van der Waals surface area (Å²) in [7, 11) is 0. The molecule has 11 heteroatoms. The molecule has 2 amide bonds. The van der Waals surface area contributed by atoms with E-state index in [0.29, 0.717) is 12.5 Å². The predicted octanol–water partition coefficient (Wildman–Crippen LogP) is 3.27. The van der Waals surface area contributed by atoms with Crippen LogP contribution in [0.25, 0.3) is 0 Å². The Morgan fingerprint density at radius 2 is 1.83 bits per heavy atom. The lowest BCUT2D eigenvalue weighted by Crippen LogP contribution is -2.41. The lowest BCUT2D eigenvalue weighted by Gasteiger charge is -2.21. The number of hydrogen-bond acceptors (Lipinski definition) is 5. The number of rotatable bonds is 9. The molecule has 0 heterocycles. The Kier molecular flexibility index (Phi) is 7.73. The number of para-hydroxylation sites is 2. The molecule has 0 saturated heterocycles. The molecule has 0 unspecified atom stereocenters. The third-order valence-electron chi connectivity index (χ3n) is 3.90. The second kappa shape index (κ2) is 10.2. The van der Waals surface area contributed by atoms with Gasteiger partial charge >= 0.3 is 5.69 Å². The summed E-state index contributed by atoms with van der Waals surface area (Å²) in [5, 5.41) is 13.1. The molecule has 0 fully saturated rings. The molecule has 30 heavy (non-hydrogen) atoms. The molecule has 0 bridgehead atoms. The predicted molar refractivity (Wildman–Crippen MR) is 100 cm³/mol. The summed E-state index contributed by atoms with van der Waals surface area (Å²) >= 11 is 0. The monoisotopic (exact) mass is 425 g/mol. The van der Waals surface area contributed by atoms with Crippen molar-refractivity contribution in [3.05, 3.63) is 64.0 Å². The van der Waals surface area contributed by atoms with E-state index in [1.165, 1.54) is 24.3 Å². The van der Waals surface area contributed by atoms with Crippen molar-refractivity contribution < 1.29 is 32.4 Å². The Morgan fingerprint density at radius 1 is 1.13 bits per heavy atom. The number of nitrogens with zero attached hydrogens (tertiary/aromatic N) is 2. The Bertz CT molecular complexity index is 955. The van der Waals surface area contributed by atoms with Crippen molar-refractivity contribution in [3.63, 3.8) is 0 Å². The minimum Gasteiger partial charge on any atom is -0.477 e. The molecule has 1 N–H and O–H groups in total. The summed E-state index contributed by atoms with van der Waals surface area (Å²) in [6.45, 7) is 0.811. The van der Waals surface area contributed by atoms with E-state index in [1.54, 1.807) is 6.92 Å². The van der Waals surface area contributed by atoms with Crippen LogP contribution in [0.3, 0.4) is 0 Å². The third-order valence-corrected chi connectivity index (χ3v) is 3.90. The smallest absolute Gasteiger partial charge is 0.310 e. The lowest BCUT2D eigenvalue weighted by molar-refractivity contribution is -0.385. The van der Waals surface area contributed by atoms with Gasteiger partial charge in [-0.1, -0.05) is 19.1 Å². The molecular formula is C19H18F3N3O5. The number of carbonyl (C=O) groups excluding carboxylic acids is 2. The summed E-state index contributed by atoms with van der Waals surface area (Å²) in [6.07, 6.45) is 0.476. The number of hydrogen-bond donors (Lipinski definition) is 1. The summed E-state index contributed by atoms with van der Waals surface area (Å²) in [5.41, 5.74) is -0.891. The van der Waals surface area contributed by atoms with Crippen LogP contribution in [0.1, 0.15) is 13.3 Å². The number of halogens is 3. The average molecular weight is 425 g/mol. The fraction of sp³-hybridized carbons (Fsp3) is 0.263. The summed E-state index contributed by atoms with van der Waals surface area (Å²) < 4.78 is 45.2. The van der Waals surface area contributed by atoms with Gasteiger partial charge in [-0.2, -0.15) is 0 Å². The largest absolute Gasteiger partial charge is 0.477 e. The lowest BCUT2D eigenvalue weighted by atomic mass is 10.2. The number of nitrogens with one attached hydrogen (secondary N) is 1. The van der Waals surface area contributed by atoms with E-state index >= 15 is 0 Å². The Balaban J connectivity index is 2.03. The molecule has 0 spiro atoms. The molecule has 0 aromatic heterocycles. The van der Waals surface area contributed by atoms with E-state index in [1.807, 2.05) is 0 Å². The first-order valence-electron chi connectivity index (χ1n) is 8.82. The van der Waals surface area contributed by atoms with Gasteiger partial charge in [0, 0.05) is 12.6 Å². The number of nitro benzene ring substituents is 1. The third kappa shape index (κ3) is 5.69. The molecule has 0 aliphatic rings. The molecule has 0 aliphatic carbocycles. The molecule has 160 valence electrons. The molecule has 0 aliphatic heterocycles.